The van der Waals surface area contributed by atoms with E-state index in [4.69, 9.17) is 21.4 Å². The highest BCUT2D eigenvalue weighted by atomic mass is 32.1. The van der Waals surface area contributed by atoms with E-state index in [0.29, 0.717) is 16.4 Å². The second-order valence-corrected chi connectivity index (χ2v) is 5.90. The zero-order valence-corrected chi connectivity index (χ0v) is 14.8. The molecule has 0 saturated carbocycles. The molecule has 2 aromatic heterocycles. The number of aromatic nitrogens is 3. The van der Waals surface area contributed by atoms with E-state index in [1.54, 1.807) is 18.5 Å². The lowest BCUT2D eigenvalue weighted by Gasteiger charge is -2.05. The number of ether oxygens (including phenoxy) is 1. The van der Waals surface area contributed by atoms with Gasteiger partial charge in [0.15, 0.2) is 5.76 Å². The SMILES string of the molecule is CCCCCOc1ccc(/C=N/n2c(-c3ccco3)n[nH]c2=S)cc1. The van der Waals surface area contributed by atoms with Crippen molar-refractivity contribution >= 4 is 18.4 Å². The number of aromatic amines is 1. The maximum atomic E-state index is 5.71. The molecule has 25 heavy (non-hydrogen) atoms. The van der Waals surface area contributed by atoms with Crippen LogP contribution < -0.4 is 4.74 Å². The summed E-state index contributed by atoms with van der Waals surface area (Å²) in [6.45, 7) is 2.93. The smallest absolute Gasteiger partial charge is 0.219 e. The summed E-state index contributed by atoms with van der Waals surface area (Å²) in [5, 5.41) is 11.3. The second kappa shape index (κ2) is 8.43. The Labute approximate surface area is 151 Å². The van der Waals surface area contributed by atoms with Crippen molar-refractivity contribution in [3.63, 3.8) is 0 Å². The van der Waals surface area contributed by atoms with Gasteiger partial charge in [-0.25, -0.2) is 5.10 Å². The van der Waals surface area contributed by atoms with E-state index in [2.05, 4.69) is 22.2 Å². The van der Waals surface area contributed by atoms with Crippen LogP contribution in [0.3, 0.4) is 0 Å². The highest BCUT2D eigenvalue weighted by Gasteiger charge is 2.10. The summed E-state index contributed by atoms with van der Waals surface area (Å²) in [6.07, 6.45) is 6.76. The van der Waals surface area contributed by atoms with Gasteiger partial charge in [0.05, 0.1) is 19.1 Å². The summed E-state index contributed by atoms with van der Waals surface area (Å²) in [5.41, 5.74) is 0.939. The maximum absolute atomic E-state index is 5.71. The molecule has 7 heteroatoms. The number of furan rings is 1. The van der Waals surface area contributed by atoms with Gasteiger partial charge in [-0.05, 0) is 60.6 Å². The zero-order chi connectivity index (χ0) is 17.5. The molecule has 0 amide bonds. The molecule has 0 saturated heterocycles. The number of hydrogen-bond donors (Lipinski definition) is 1. The molecule has 0 aliphatic carbocycles. The van der Waals surface area contributed by atoms with Crippen LogP contribution in [-0.4, -0.2) is 27.7 Å². The van der Waals surface area contributed by atoms with Gasteiger partial charge in [-0.2, -0.15) is 9.78 Å². The summed E-state index contributed by atoms with van der Waals surface area (Å²) >= 11 is 5.22. The van der Waals surface area contributed by atoms with Crippen LogP contribution in [0.15, 0.2) is 52.2 Å². The van der Waals surface area contributed by atoms with Crippen LogP contribution >= 0.6 is 12.2 Å². The first-order valence-corrected chi connectivity index (χ1v) is 8.67. The molecule has 3 aromatic rings. The van der Waals surface area contributed by atoms with Gasteiger partial charge in [0.2, 0.25) is 10.6 Å². The Hall–Kier alpha value is -2.67. The van der Waals surface area contributed by atoms with Crippen molar-refractivity contribution in [2.24, 2.45) is 5.10 Å². The third kappa shape index (κ3) is 4.45. The Morgan fingerprint density at radius 1 is 1.28 bits per heavy atom. The van der Waals surface area contributed by atoms with Gasteiger partial charge in [-0.3, -0.25) is 0 Å². The molecular formula is C18H20N4O2S. The molecule has 0 aliphatic heterocycles. The predicted octanol–water partition coefficient (Wildman–Crippen LogP) is 4.65. The monoisotopic (exact) mass is 356 g/mol. The molecule has 0 aliphatic rings. The fourth-order valence-electron chi connectivity index (χ4n) is 2.28. The van der Waals surface area contributed by atoms with Gasteiger partial charge in [0, 0.05) is 0 Å². The largest absolute Gasteiger partial charge is 0.494 e. The predicted molar refractivity (Wildman–Crippen MR) is 99.6 cm³/mol. The standard InChI is InChI=1S/C18H20N4O2S/c1-2-3-4-11-23-15-9-7-14(8-10-15)13-19-22-17(20-21-18(22)25)16-6-5-12-24-16/h5-10,12-13H,2-4,11H2,1H3,(H,21,25)/b19-13+. The van der Waals surface area contributed by atoms with E-state index >= 15 is 0 Å². The van der Waals surface area contributed by atoms with Crippen LogP contribution in [0.5, 0.6) is 5.75 Å². The lowest BCUT2D eigenvalue weighted by atomic mass is 10.2. The number of unbranched alkanes of at least 4 members (excludes halogenated alkanes) is 2. The number of benzene rings is 1. The molecule has 0 spiro atoms. The van der Waals surface area contributed by atoms with E-state index < -0.39 is 0 Å². The molecule has 2 heterocycles. The average Bonchev–Trinajstić information content (AvgIpc) is 3.28. The molecule has 3 rings (SSSR count). The zero-order valence-electron chi connectivity index (χ0n) is 14.0. The summed E-state index contributed by atoms with van der Waals surface area (Å²) in [5.74, 6) is 1.99. The topological polar surface area (TPSA) is 68.3 Å². The van der Waals surface area contributed by atoms with Crippen molar-refractivity contribution in [3.8, 4) is 17.3 Å². The summed E-state index contributed by atoms with van der Waals surface area (Å²) < 4.78 is 13.0. The van der Waals surface area contributed by atoms with Crippen molar-refractivity contribution in [2.45, 2.75) is 26.2 Å². The van der Waals surface area contributed by atoms with Gasteiger partial charge in [-0.1, -0.05) is 19.8 Å². The maximum Gasteiger partial charge on any atom is 0.219 e. The van der Waals surface area contributed by atoms with Crippen molar-refractivity contribution in [3.05, 3.63) is 53.0 Å². The lowest BCUT2D eigenvalue weighted by molar-refractivity contribution is 0.306. The molecule has 0 radical (unpaired) electrons. The third-order valence-electron chi connectivity index (χ3n) is 3.61. The Kier molecular flexibility index (Phi) is 5.79. The van der Waals surface area contributed by atoms with Crippen molar-refractivity contribution in [1.29, 1.82) is 0 Å². The van der Waals surface area contributed by atoms with Crippen molar-refractivity contribution in [2.75, 3.05) is 6.61 Å². The molecule has 1 aromatic carbocycles. The number of H-pyrrole nitrogens is 1. The second-order valence-electron chi connectivity index (χ2n) is 5.51. The quantitative estimate of drug-likeness (QED) is 0.362. The minimum absolute atomic E-state index is 0.401. The highest BCUT2D eigenvalue weighted by molar-refractivity contribution is 7.71. The Morgan fingerprint density at radius 2 is 2.12 bits per heavy atom. The Bertz CT molecular complexity index is 863. The Morgan fingerprint density at radius 3 is 2.84 bits per heavy atom. The average molecular weight is 356 g/mol. The minimum atomic E-state index is 0.401. The van der Waals surface area contributed by atoms with E-state index in [1.165, 1.54) is 17.5 Å². The first-order valence-electron chi connectivity index (χ1n) is 8.26. The molecule has 130 valence electrons. The molecule has 1 N–H and O–H groups in total. The van der Waals surface area contributed by atoms with Crippen molar-refractivity contribution < 1.29 is 9.15 Å². The van der Waals surface area contributed by atoms with E-state index in [0.717, 1.165) is 24.3 Å². The first-order chi connectivity index (χ1) is 12.3. The van der Waals surface area contributed by atoms with Gasteiger partial charge >= 0.3 is 0 Å². The van der Waals surface area contributed by atoms with Crippen LogP contribution in [0.2, 0.25) is 0 Å². The molecule has 6 nitrogen and oxygen atoms in total. The molecule has 0 bridgehead atoms. The Balaban J connectivity index is 1.69. The number of rotatable bonds is 8. The van der Waals surface area contributed by atoms with E-state index in [-0.39, 0.29) is 0 Å². The number of nitrogens with zero attached hydrogens (tertiary/aromatic N) is 3. The van der Waals surface area contributed by atoms with Crippen LogP contribution in [0.1, 0.15) is 31.7 Å². The highest BCUT2D eigenvalue weighted by Crippen LogP contribution is 2.17. The van der Waals surface area contributed by atoms with Gasteiger partial charge in [-0.15, -0.1) is 5.10 Å². The normalized spacial score (nSPS) is 11.2. The molecule has 0 fully saturated rings. The summed E-state index contributed by atoms with van der Waals surface area (Å²) in [6, 6.07) is 11.4. The first kappa shape index (κ1) is 17.2. The van der Waals surface area contributed by atoms with Crippen LogP contribution in [0, 0.1) is 4.77 Å². The summed E-state index contributed by atoms with van der Waals surface area (Å²) in [4.78, 5) is 0. The summed E-state index contributed by atoms with van der Waals surface area (Å²) in [7, 11) is 0. The lowest BCUT2D eigenvalue weighted by Crippen LogP contribution is -1.97. The van der Waals surface area contributed by atoms with E-state index in [1.807, 2.05) is 30.3 Å². The van der Waals surface area contributed by atoms with Crippen molar-refractivity contribution in [1.82, 2.24) is 14.9 Å². The fourth-order valence-corrected chi connectivity index (χ4v) is 2.46. The van der Waals surface area contributed by atoms with Gasteiger partial charge in [0.25, 0.3) is 0 Å². The van der Waals surface area contributed by atoms with E-state index in [9.17, 15) is 0 Å². The number of nitrogens with one attached hydrogen (secondary N) is 1. The third-order valence-corrected chi connectivity index (χ3v) is 3.88. The van der Waals surface area contributed by atoms with Gasteiger partial charge in [0.1, 0.15) is 5.75 Å². The van der Waals surface area contributed by atoms with Crippen LogP contribution in [-0.2, 0) is 0 Å². The van der Waals surface area contributed by atoms with Crippen LogP contribution in [0.4, 0.5) is 0 Å². The molecule has 0 unspecified atom stereocenters. The molecule has 0 atom stereocenters. The van der Waals surface area contributed by atoms with Gasteiger partial charge < -0.3 is 9.15 Å². The number of hydrogen-bond acceptors (Lipinski definition) is 5. The minimum Gasteiger partial charge on any atom is -0.494 e. The fraction of sp³-hybridized carbons (Fsp3) is 0.278. The van der Waals surface area contributed by atoms with Crippen LogP contribution in [0.25, 0.3) is 11.6 Å². The molecular weight excluding hydrogens is 336 g/mol.